The van der Waals surface area contributed by atoms with Crippen LogP contribution in [0.5, 0.6) is 0 Å². The Morgan fingerprint density at radius 2 is 1.36 bits per heavy atom. The highest BCUT2D eigenvalue weighted by atomic mass is 19.2. The molecule has 0 atom stereocenters. The van der Waals surface area contributed by atoms with Gasteiger partial charge in [-0.3, -0.25) is 4.79 Å². The first-order valence-corrected chi connectivity index (χ1v) is 7.32. The van der Waals surface area contributed by atoms with E-state index in [-0.39, 0.29) is 0 Å². The van der Waals surface area contributed by atoms with Gasteiger partial charge in [0.1, 0.15) is 5.69 Å². The number of carbonyl (C=O) groups excluding carboxylic acids is 1. The largest absolute Gasteiger partial charge is 0.317 e. The Balaban J connectivity index is 2.18. The third kappa shape index (κ3) is 4.04. The summed E-state index contributed by atoms with van der Waals surface area (Å²) >= 11 is 0. The van der Waals surface area contributed by atoms with Crippen LogP contribution in [-0.4, -0.2) is 5.91 Å². The molecule has 0 unspecified atom stereocenters. The van der Waals surface area contributed by atoms with Crippen LogP contribution < -0.4 is 5.32 Å². The summed E-state index contributed by atoms with van der Waals surface area (Å²) in [4.78, 5) is 11.7. The van der Waals surface area contributed by atoms with Gasteiger partial charge in [-0.05, 0) is 23.1 Å². The zero-order valence-electron chi connectivity index (χ0n) is 13.3. The summed E-state index contributed by atoms with van der Waals surface area (Å²) in [6.45, 7) is 4.03. The predicted octanol–water partition coefficient (Wildman–Crippen LogP) is 5.16. The molecule has 2 rings (SSSR count). The van der Waals surface area contributed by atoms with Gasteiger partial charge in [0.05, 0.1) is 0 Å². The van der Waals surface area contributed by atoms with Crippen LogP contribution in [-0.2, 0) is 4.79 Å². The maximum atomic E-state index is 13.5. The van der Waals surface area contributed by atoms with Gasteiger partial charge in [0, 0.05) is 6.08 Å². The van der Waals surface area contributed by atoms with Gasteiger partial charge in [0.25, 0.3) is 0 Å². The summed E-state index contributed by atoms with van der Waals surface area (Å²) < 4.78 is 66.1. The lowest BCUT2D eigenvalue weighted by atomic mass is 10.0. The van der Waals surface area contributed by atoms with E-state index in [4.69, 9.17) is 0 Å². The highest BCUT2D eigenvalue weighted by Crippen LogP contribution is 2.27. The van der Waals surface area contributed by atoms with Gasteiger partial charge in [0.15, 0.2) is 23.3 Å². The second-order valence-electron chi connectivity index (χ2n) is 5.59. The molecule has 0 aromatic heterocycles. The molecule has 2 nitrogen and oxygen atoms in total. The van der Waals surface area contributed by atoms with Gasteiger partial charge in [-0.25, -0.2) is 22.0 Å². The molecule has 2 aromatic rings. The Morgan fingerprint density at radius 3 is 1.84 bits per heavy atom. The number of benzene rings is 2. The fourth-order valence-corrected chi connectivity index (χ4v) is 2.04. The number of rotatable bonds is 4. The Bertz CT molecular complexity index is 799. The Kier molecular flexibility index (Phi) is 5.56. The van der Waals surface area contributed by atoms with Gasteiger partial charge < -0.3 is 5.32 Å². The van der Waals surface area contributed by atoms with E-state index in [1.807, 2.05) is 26.0 Å². The van der Waals surface area contributed by atoms with E-state index in [1.54, 1.807) is 17.4 Å². The summed E-state index contributed by atoms with van der Waals surface area (Å²) in [5, 5.41) is 1.66. The second-order valence-corrected chi connectivity index (χ2v) is 5.59. The van der Waals surface area contributed by atoms with Gasteiger partial charge in [-0.15, -0.1) is 0 Å². The van der Waals surface area contributed by atoms with E-state index in [0.717, 1.165) is 11.6 Å². The molecule has 0 aliphatic heterocycles. The Labute approximate surface area is 141 Å². The topological polar surface area (TPSA) is 29.1 Å². The average Bonchev–Trinajstić information content (AvgIpc) is 2.60. The number of hydrogen-bond acceptors (Lipinski definition) is 1. The molecule has 25 heavy (non-hydrogen) atoms. The lowest BCUT2D eigenvalue weighted by Crippen LogP contribution is -2.14. The zero-order chi connectivity index (χ0) is 18.7. The van der Waals surface area contributed by atoms with Crippen molar-refractivity contribution in [1.29, 1.82) is 0 Å². The molecule has 0 heterocycles. The van der Waals surface area contributed by atoms with E-state index in [2.05, 4.69) is 0 Å². The van der Waals surface area contributed by atoms with Crippen molar-refractivity contribution in [1.82, 2.24) is 0 Å². The van der Waals surface area contributed by atoms with Crippen molar-refractivity contribution >= 4 is 17.7 Å². The van der Waals surface area contributed by atoms with Crippen LogP contribution in [0.3, 0.4) is 0 Å². The van der Waals surface area contributed by atoms with Crippen LogP contribution >= 0.6 is 0 Å². The normalized spacial score (nSPS) is 11.4. The van der Waals surface area contributed by atoms with E-state index in [1.165, 1.54) is 6.08 Å². The quantitative estimate of drug-likeness (QED) is 0.349. The Morgan fingerprint density at radius 1 is 0.880 bits per heavy atom. The molecule has 1 N–H and O–H groups in total. The summed E-state index contributed by atoms with van der Waals surface area (Å²) in [6, 6.07) is 7.17. The van der Waals surface area contributed by atoms with Crippen molar-refractivity contribution in [2.75, 3.05) is 5.32 Å². The minimum absolute atomic E-state index is 0.329. The number of nitrogens with one attached hydrogen (secondary N) is 1. The number of carbonyl (C=O) groups is 1. The monoisotopic (exact) mass is 355 g/mol. The molecule has 0 aliphatic rings. The first-order chi connectivity index (χ1) is 11.7. The first-order valence-electron chi connectivity index (χ1n) is 7.32. The summed E-state index contributed by atoms with van der Waals surface area (Å²) in [5.74, 6) is -11.4. The summed E-state index contributed by atoms with van der Waals surface area (Å²) in [6.07, 6.45) is 2.29. The van der Waals surface area contributed by atoms with Crippen LogP contribution in [0.4, 0.5) is 27.6 Å². The number of anilines is 1. The molecule has 0 fully saturated rings. The van der Waals surface area contributed by atoms with Gasteiger partial charge in [-0.1, -0.05) is 38.1 Å². The minimum Gasteiger partial charge on any atom is -0.317 e. The maximum Gasteiger partial charge on any atom is 0.248 e. The molecular formula is C18H14F5NO. The lowest BCUT2D eigenvalue weighted by Gasteiger charge is -2.08. The van der Waals surface area contributed by atoms with E-state index in [0.29, 0.717) is 11.5 Å². The summed E-state index contributed by atoms with van der Waals surface area (Å²) in [5.41, 5.74) is 0.334. The number of hydrogen-bond donors (Lipinski definition) is 1. The maximum absolute atomic E-state index is 13.5. The summed E-state index contributed by atoms with van der Waals surface area (Å²) in [7, 11) is 0. The van der Waals surface area contributed by atoms with Crippen molar-refractivity contribution in [3.05, 3.63) is 70.6 Å². The van der Waals surface area contributed by atoms with E-state index < -0.39 is 40.7 Å². The van der Waals surface area contributed by atoms with Gasteiger partial charge >= 0.3 is 0 Å². The van der Waals surface area contributed by atoms with E-state index in [9.17, 15) is 26.7 Å². The van der Waals surface area contributed by atoms with Crippen molar-refractivity contribution in [3.8, 4) is 0 Å². The average molecular weight is 355 g/mol. The van der Waals surface area contributed by atoms with Gasteiger partial charge in [0.2, 0.25) is 11.7 Å². The molecule has 132 valence electrons. The number of amides is 1. The molecule has 0 bridgehead atoms. The predicted molar refractivity (Wildman–Crippen MR) is 84.4 cm³/mol. The fourth-order valence-electron chi connectivity index (χ4n) is 2.04. The molecule has 0 saturated carbocycles. The van der Waals surface area contributed by atoms with Crippen molar-refractivity contribution in [2.45, 2.75) is 19.8 Å². The SMILES string of the molecule is CC(C)c1ccc(/C=C/C(=O)Nc2c(F)c(F)c(F)c(F)c2F)cc1. The molecule has 2 aromatic carbocycles. The minimum atomic E-state index is -2.28. The lowest BCUT2D eigenvalue weighted by molar-refractivity contribution is -0.111. The molecule has 0 aliphatic carbocycles. The van der Waals surface area contributed by atoms with Crippen molar-refractivity contribution in [2.24, 2.45) is 0 Å². The van der Waals surface area contributed by atoms with E-state index >= 15 is 0 Å². The van der Waals surface area contributed by atoms with Crippen molar-refractivity contribution in [3.63, 3.8) is 0 Å². The van der Waals surface area contributed by atoms with Crippen LogP contribution in [0, 0.1) is 29.1 Å². The van der Waals surface area contributed by atoms with Crippen LogP contribution in [0.2, 0.25) is 0 Å². The smallest absolute Gasteiger partial charge is 0.248 e. The Hall–Kier alpha value is -2.70. The molecule has 0 spiro atoms. The number of halogens is 5. The highest BCUT2D eigenvalue weighted by Gasteiger charge is 2.26. The highest BCUT2D eigenvalue weighted by molar-refractivity contribution is 6.02. The van der Waals surface area contributed by atoms with Crippen molar-refractivity contribution < 1.29 is 26.7 Å². The molecule has 7 heteroatoms. The third-order valence-corrected chi connectivity index (χ3v) is 3.49. The zero-order valence-corrected chi connectivity index (χ0v) is 13.3. The first kappa shape index (κ1) is 18.6. The molecular weight excluding hydrogens is 341 g/mol. The third-order valence-electron chi connectivity index (χ3n) is 3.49. The standard InChI is InChI=1S/C18H14F5NO/c1-9(2)11-6-3-10(4-7-11)5-8-12(25)24-18-16(22)14(20)13(19)15(21)17(18)23/h3-9H,1-2H3,(H,24,25)/b8-5+. The second kappa shape index (κ2) is 7.46. The van der Waals surface area contributed by atoms with Crippen LogP contribution in [0.25, 0.3) is 6.08 Å². The fraction of sp³-hybridized carbons (Fsp3) is 0.167. The molecule has 0 radical (unpaired) electrons. The van der Waals surface area contributed by atoms with Crippen LogP contribution in [0.1, 0.15) is 30.9 Å². The van der Waals surface area contributed by atoms with Crippen LogP contribution in [0.15, 0.2) is 30.3 Å². The molecule has 1 amide bonds. The van der Waals surface area contributed by atoms with Gasteiger partial charge in [-0.2, -0.15) is 0 Å². The molecule has 0 saturated heterocycles.